The Bertz CT molecular complexity index is 10600. The summed E-state index contributed by atoms with van der Waals surface area (Å²) < 4.78 is 27.4. The molecular formula is C136H77N11O3. The van der Waals surface area contributed by atoms with E-state index in [0.29, 0.717) is 41.0 Å². The minimum Gasteiger partial charge on any atom is -0.455 e. The van der Waals surface area contributed by atoms with Crippen LogP contribution in [0.3, 0.4) is 0 Å². The Labute approximate surface area is 855 Å². The van der Waals surface area contributed by atoms with E-state index in [1.54, 1.807) is 0 Å². The van der Waals surface area contributed by atoms with Crippen molar-refractivity contribution in [2.24, 2.45) is 0 Å². The largest absolute Gasteiger partial charge is 0.455 e. The number of nitrogens with zero attached hydrogens (tertiary/aromatic N) is 11. The van der Waals surface area contributed by atoms with Crippen molar-refractivity contribution in [1.29, 1.82) is 0 Å². The molecule has 3 aliphatic carbocycles. The molecule has 14 heteroatoms. The molecule has 0 spiro atoms. The van der Waals surface area contributed by atoms with E-state index >= 15 is 0 Å². The van der Waals surface area contributed by atoms with Crippen molar-refractivity contribution in [2.45, 2.75) is 0 Å². The topological polar surface area (TPSA) is 157 Å². The molecule has 3 aliphatic rings. The fraction of sp³-hybridized carbons (Fsp3) is 0. The molecule has 22 aromatic carbocycles. The SMILES string of the molecule is c1ccc(-c2cc(-c3ccccc3)nc(-n3c4cccc5c4c4c6c(cccc6c6oc7ccccc7c6c43)-c3ccccc3-5)n2)cc1.c1ccc(-c2nc(-c3ccccc3)nc(-c3cccc(-n4c5cccc6c5c5c7c(cccc7c7oc8ccccc8c7c54)-c4ccccc4-6)c3)n2)cc1.c1ccc(-c2nc(-c3ccccc3)nc(-n3c4cccc5c4c4c6c(cccc6c6oc7ccccc7c6c43)-c3ccccc3-5)n2)cc1. The van der Waals surface area contributed by atoms with Crippen molar-refractivity contribution in [3.63, 3.8) is 0 Å². The van der Waals surface area contributed by atoms with Gasteiger partial charge in [0.15, 0.2) is 29.1 Å². The zero-order chi connectivity index (χ0) is 98.0. The molecule has 31 aromatic rings. The molecule has 0 fully saturated rings. The molecule has 0 amide bonds. The second-order valence-corrected chi connectivity index (χ2v) is 38.8. The van der Waals surface area contributed by atoms with Crippen LogP contribution in [0.15, 0.2) is 480 Å². The zero-order valence-corrected chi connectivity index (χ0v) is 80.1. The summed E-state index contributed by atoms with van der Waals surface area (Å²) >= 11 is 0. The first kappa shape index (κ1) is 83.0. The van der Waals surface area contributed by atoms with Crippen LogP contribution in [-0.4, -0.2) is 53.6 Å². The molecule has 9 aromatic heterocycles. The van der Waals surface area contributed by atoms with Gasteiger partial charge < -0.3 is 17.8 Å². The lowest BCUT2D eigenvalue weighted by atomic mass is 9.92. The summed E-state index contributed by atoms with van der Waals surface area (Å²) in [6.45, 7) is 0. The Kier molecular flexibility index (Phi) is 18.0. The second-order valence-electron chi connectivity index (χ2n) is 38.8. The Morgan fingerprint density at radius 2 is 0.393 bits per heavy atom. The van der Waals surface area contributed by atoms with E-state index < -0.39 is 0 Å². The standard InChI is InChI=1S/C49H28N4O.C44H25N3O.C43H24N4O/c1-3-14-29(15-4-1)47-50-48(30-16-5-2-6-17-30)52-49(51-47)31-18-11-19-32(28-31)53-39-26-13-24-36-34-21-8-7-20-33(34)35-23-12-25-38-41(35)44(42(36)39)45(53)43-37-22-9-10-27-40(37)54-46(38)43;1-3-13-26(14-4-1)34-25-35(27-15-5-2-6-16-27)46-44(45-34)47-36-23-12-21-31-29-18-8-7-17-28(29)30-20-11-22-33-38(30)41(39(31)36)42(47)40-32-19-9-10-24-37(32)48-43(33)40;1-3-13-25(14-4-1)41-44-42(26-15-5-2-6-16-26)46-43(45-41)47-33-23-12-21-30-28-18-8-7-17-27(28)29-20-11-22-32-35(29)38(36(30)33)39(47)37-31-19-9-10-24-34(31)48-40(32)37/h1-28H;1-25H;1-24H. The van der Waals surface area contributed by atoms with E-state index in [1.807, 2.05) is 127 Å². The maximum absolute atomic E-state index is 6.83. The predicted octanol–water partition coefficient (Wildman–Crippen LogP) is 35.3. The van der Waals surface area contributed by atoms with Gasteiger partial charge in [0.2, 0.25) is 11.9 Å². The Balaban J connectivity index is 0.0000000995. The molecular weight excluding hydrogens is 1840 g/mol. The number of hydrogen-bond acceptors (Lipinski definition) is 11. The summed E-state index contributed by atoms with van der Waals surface area (Å²) in [7, 11) is 0. The predicted molar refractivity (Wildman–Crippen MR) is 610 cm³/mol. The van der Waals surface area contributed by atoms with Crippen molar-refractivity contribution in [1.82, 2.24) is 53.6 Å². The monoisotopic (exact) mass is 1910 g/mol. The van der Waals surface area contributed by atoms with Crippen LogP contribution in [0, 0.1) is 0 Å². The van der Waals surface area contributed by atoms with Gasteiger partial charge in [-0.25, -0.2) is 29.9 Å². The molecule has 9 heterocycles. The van der Waals surface area contributed by atoms with Crippen LogP contribution in [0.4, 0.5) is 0 Å². The van der Waals surface area contributed by atoms with Crippen molar-refractivity contribution >= 4 is 164 Å². The van der Waals surface area contributed by atoms with Crippen LogP contribution in [0.2, 0.25) is 0 Å². The fourth-order valence-corrected chi connectivity index (χ4v) is 24.5. The van der Waals surface area contributed by atoms with Gasteiger partial charge in [-0.1, -0.05) is 413 Å². The van der Waals surface area contributed by atoms with Crippen LogP contribution < -0.4 is 0 Å². The Hall–Kier alpha value is -20.5. The van der Waals surface area contributed by atoms with Gasteiger partial charge in [-0.2, -0.15) is 9.97 Å². The van der Waals surface area contributed by atoms with Crippen LogP contribution in [0.1, 0.15) is 0 Å². The molecule has 0 saturated heterocycles. The van der Waals surface area contributed by atoms with Gasteiger partial charge >= 0.3 is 0 Å². The highest BCUT2D eigenvalue weighted by Gasteiger charge is 2.36. The highest BCUT2D eigenvalue weighted by molar-refractivity contribution is 6.44. The van der Waals surface area contributed by atoms with Crippen LogP contribution in [0.5, 0.6) is 0 Å². The number of para-hydroxylation sites is 3. The number of fused-ring (bicyclic) bond motifs is 24. The average molecular weight is 1910 g/mol. The van der Waals surface area contributed by atoms with Gasteiger partial charge in [0, 0.05) is 125 Å². The molecule has 0 unspecified atom stereocenters. The first-order valence-electron chi connectivity index (χ1n) is 50.6. The van der Waals surface area contributed by atoms with Crippen LogP contribution >= 0.6 is 0 Å². The van der Waals surface area contributed by atoms with E-state index in [4.69, 9.17) is 53.1 Å². The molecule has 0 radical (unpaired) electrons. The van der Waals surface area contributed by atoms with E-state index in [9.17, 15) is 0 Å². The summed E-state index contributed by atoms with van der Waals surface area (Å²) in [6.07, 6.45) is 0. The molecule has 0 bridgehead atoms. The first-order chi connectivity index (χ1) is 74.5. The van der Waals surface area contributed by atoms with Crippen molar-refractivity contribution in [2.75, 3.05) is 0 Å². The minimum atomic E-state index is 0.567. The van der Waals surface area contributed by atoms with Crippen molar-refractivity contribution < 1.29 is 13.3 Å². The number of hydrogen-bond donors (Lipinski definition) is 0. The molecule has 0 aliphatic heterocycles. The van der Waals surface area contributed by atoms with Gasteiger partial charge in [-0.3, -0.25) is 9.13 Å². The summed E-state index contributed by atoms with van der Waals surface area (Å²) in [5.74, 6) is 4.33. The third kappa shape index (κ3) is 12.3. The van der Waals surface area contributed by atoms with Gasteiger partial charge in [0.25, 0.3) is 0 Å². The summed E-state index contributed by atoms with van der Waals surface area (Å²) in [4.78, 5) is 41.3. The Morgan fingerprint density at radius 1 is 0.153 bits per heavy atom. The molecule has 0 atom stereocenters. The van der Waals surface area contributed by atoms with Gasteiger partial charge in [0.1, 0.15) is 33.5 Å². The number of rotatable bonds is 10. The van der Waals surface area contributed by atoms with Crippen LogP contribution in [-0.2, 0) is 0 Å². The Morgan fingerprint density at radius 3 is 0.733 bits per heavy atom. The first-order valence-corrected chi connectivity index (χ1v) is 50.6. The number of benzene rings is 22. The van der Waals surface area contributed by atoms with E-state index in [2.05, 4.69) is 353 Å². The maximum atomic E-state index is 6.83. The van der Waals surface area contributed by atoms with Gasteiger partial charge in [0.05, 0.1) is 60.6 Å². The summed E-state index contributed by atoms with van der Waals surface area (Å²) in [6, 6.07) is 163. The minimum absolute atomic E-state index is 0.567. The highest BCUT2D eigenvalue weighted by atomic mass is 16.3. The van der Waals surface area contributed by atoms with E-state index in [-0.39, 0.29) is 0 Å². The molecule has 0 saturated carbocycles. The average Bonchev–Trinajstić information content (AvgIpc) is 1.52. The van der Waals surface area contributed by atoms with Crippen molar-refractivity contribution in [3.05, 3.63) is 467 Å². The van der Waals surface area contributed by atoms with Gasteiger partial charge in [-0.15, -0.1) is 0 Å². The number of aromatic nitrogens is 11. The van der Waals surface area contributed by atoms with Crippen LogP contribution in [0.25, 0.3) is 327 Å². The third-order valence-electron chi connectivity index (χ3n) is 30.7. The van der Waals surface area contributed by atoms with Gasteiger partial charge in [-0.05, 0) is 121 Å². The molecule has 0 N–H and O–H groups in total. The highest BCUT2D eigenvalue weighted by Crippen LogP contribution is 2.59. The maximum Gasteiger partial charge on any atom is 0.238 e. The molecule has 14 nitrogen and oxygen atoms in total. The lowest BCUT2D eigenvalue weighted by Crippen LogP contribution is -2.06. The lowest BCUT2D eigenvalue weighted by Gasteiger charge is -2.15. The number of furan rings is 3. The summed E-state index contributed by atoms with van der Waals surface area (Å²) in [5.41, 5.74) is 35.8. The zero-order valence-electron chi connectivity index (χ0n) is 80.1. The summed E-state index contributed by atoms with van der Waals surface area (Å²) in [5, 5.41) is 20.7. The fourth-order valence-electron chi connectivity index (χ4n) is 24.5. The smallest absolute Gasteiger partial charge is 0.238 e. The molecule has 694 valence electrons. The second kappa shape index (κ2) is 32.5. The molecule has 34 rings (SSSR count). The van der Waals surface area contributed by atoms with Crippen molar-refractivity contribution in [3.8, 4) is 164 Å². The third-order valence-corrected chi connectivity index (χ3v) is 30.7. The lowest BCUT2D eigenvalue weighted by molar-refractivity contribution is 0.672. The quantitative estimate of drug-likeness (QED) is 0.128. The molecule has 150 heavy (non-hydrogen) atoms. The van der Waals surface area contributed by atoms with E-state index in [0.717, 1.165) is 171 Å². The van der Waals surface area contributed by atoms with E-state index in [1.165, 1.54) is 115 Å². The normalized spacial score (nSPS) is 12.1.